The molecule has 1 aliphatic heterocycles. The van der Waals surface area contributed by atoms with Crippen molar-refractivity contribution in [2.24, 2.45) is 0 Å². The molecule has 1 aliphatic rings. The maximum atomic E-state index is 11.4. The first-order valence-electron chi connectivity index (χ1n) is 8.51. The van der Waals surface area contributed by atoms with Crippen LogP contribution in [0.15, 0.2) is 42.7 Å². The number of aromatic nitrogens is 3. The van der Waals surface area contributed by atoms with Crippen molar-refractivity contribution in [3.8, 4) is 11.3 Å². The molecular weight excluding hydrogens is 332 g/mol. The van der Waals surface area contributed by atoms with E-state index in [1.165, 1.54) is 0 Å². The number of fused-ring (bicyclic) bond motifs is 1. The van der Waals surface area contributed by atoms with Crippen LogP contribution in [0.25, 0.3) is 16.9 Å². The number of nitrogens with zero attached hydrogens (tertiary/aromatic N) is 4. The molecule has 0 spiro atoms. The molecule has 3 heterocycles. The third-order valence-electron chi connectivity index (χ3n) is 4.36. The number of carbonyl (C=O) groups excluding carboxylic acids is 1. The Morgan fingerprint density at radius 2 is 1.96 bits per heavy atom. The van der Waals surface area contributed by atoms with Gasteiger partial charge in [0.05, 0.1) is 24.6 Å². The molecule has 0 bridgehead atoms. The fraction of sp³-hybridized carbons (Fsp3) is 0.278. The van der Waals surface area contributed by atoms with E-state index in [-0.39, 0.29) is 6.03 Å². The van der Waals surface area contributed by atoms with Crippen LogP contribution in [0.4, 0.5) is 16.2 Å². The summed E-state index contributed by atoms with van der Waals surface area (Å²) in [6.07, 6.45) is 3.61. The fourth-order valence-corrected chi connectivity index (χ4v) is 3.00. The Morgan fingerprint density at radius 3 is 2.69 bits per heavy atom. The molecule has 8 nitrogen and oxygen atoms in total. The summed E-state index contributed by atoms with van der Waals surface area (Å²) in [7, 11) is 1.58. The smallest absolute Gasteiger partial charge is 0.318 e. The maximum absolute atomic E-state index is 11.4. The van der Waals surface area contributed by atoms with Gasteiger partial charge in [-0.3, -0.25) is 0 Å². The Bertz CT molecular complexity index is 915. The summed E-state index contributed by atoms with van der Waals surface area (Å²) in [6.45, 7) is 3.09. The van der Waals surface area contributed by atoms with Gasteiger partial charge in [0.15, 0.2) is 5.65 Å². The molecule has 0 radical (unpaired) electrons. The van der Waals surface area contributed by atoms with Crippen molar-refractivity contribution in [3.63, 3.8) is 0 Å². The molecule has 1 fully saturated rings. The summed E-state index contributed by atoms with van der Waals surface area (Å²) in [5.41, 5.74) is 4.44. The van der Waals surface area contributed by atoms with Crippen LogP contribution in [0.2, 0.25) is 0 Å². The molecule has 3 aromatic rings. The van der Waals surface area contributed by atoms with Crippen LogP contribution in [0.5, 0.6) is 0 Å². The Balaban J connectivity index is 1.69. The van der Waals surface area contributed by atoms with Crippen molar-refractivity contribution >= 4 is 23.1 Å². The van der Waals surface area contributed by atoms with Gasteiger partial charge in [-0.05, 0) is 18.2 Å². The van der Waals surface area contributed by atoms with E-state index in [4.69, 9.17) is 4.74 Å². The number of morpholine rings is 1. The number of amides is 2. The fourth-order valence-electron chi connectivity index (χ4n) is 3.00. The van der Waals surface area contributed by atoms with E-state index in [2.05, 4.69) is 31.7 Å². The summed E-state index contributed by atoms with van der Waals surface area (Å²) in [4.78, 5) is 18.1. The van der Waals surface area contributed by atoms with Gasteiger partial charge < -0.3 is 20.3 Å². The van der Waals surface area contributed by atoms with Gasteiger partial charge in [-0.15, -0.1) is 0 Å². The highest BCUT2D eigenvalue weighted by atomic mass is 16.5. The number of nitrogens with one attached hydrogen (secondary N) is 2. The number of urea groups is 1. The summed E-state index contributed by atoms with van der Waals surface area (Å²) in [5, 5.41) is 9.95. The van der Waals surface area contributed by atoms with Crippen molar-refractivity contribution in [3.05, 3.63) is 42.7 Å². The zero-order chi connectivity index (χ0) is 17.9. The molecule has 4 rings (SSSR count). The van der Waals surface area contributed by atoms with E-state index >= 15 is 0 Å². The lowest BCUT2D eigenvalue weighted by atomic mass is 10.1. The molecular formula is C18H20N6O2. The highest BCUT2D eigenvalue weighted by Crippen LogP contribution is 2.27. The van der Waals surface area contributed by atoms with Crippen LogP contribution >= 0.6 is 0 Å². The molecule has 2 amide bonds. The van der Waals surface area contributed by atoms with Crippen molar-refractivity contribution in [2.75, 3.05) is 43.6 Å². The molecule has 1 aromatic carbocycles. The summed E-state index contributed by atoms with van der Waals surface area (Å²) >= 11 is 0. The molecule has 0 saturated carbocycles. The van der Waals surface area contributed by atoms with E-state index in [0.717, 1.165) is 41.4 Å². The highest BCUT2D eigenvalue weighted by molar-refractivity contribution is 5.89. The molecule has 8 heteroatoms. The molecule has 0 aliphatic carbocycles. The average molecular weight is 352 g/mol. The summed E-state index contributed by atoms with van der Waals surface area (Å²) in [5.74, 6) is 0. The minimum absolute atomic E-state index is 0.245. The lowest BCUT2D eigenvalue weighted by molar-refractivity contribution is 0.123. The lowest BCUT2D eigenvalue weighted by Crippen LogP contribution is -2.36. The second-order valence-corrected chi connectivity index (χ2v) is 5.99. The number of carbonyl (C=O) groups is 1. The van der Waals surface area contributed by atoms with Crippen LogP contribution in [0.3, 0.4) is 0 Å². The topological polar surface area (TPSA) is 83.8 Å². The minimum atomic E-state index is -0.245. The summed E-state index contributed by atoms with van der Waals surface area (Å²) in [6, 6.07) is 9.43. The normalized spacial score (nSPS) is 14.4. The SMILES string of the molecule is CNC(=O)Nc1ccc(-c2cc(N3CCOCC3)c3nccn3n2)cc1. The predicted molar refractivity (Wildman–Crippen MR) is 99.5 cm³/mol. The standard InChI is InChI=1S/C18H20N6O2/c1-19-18(25)21-14-4-2-13(3-5-14)15-12-16(23-8-10-26-11-9-23)17-20-6-7-24(17)22-15/h2-7,12H,8-11H2,1H3,(H2,19,21,25). The van der Waals surface area contributed by atoms with Crippen molar-refractivity contribution < 1.29 is 9.53 Å². The van der Waals surface area contributed by atoms with Crippen LogP contribution in [0, 0.1) is 0 Å². The van der Waals surface area contributed by atoms with Gasteiger partial charge in [0.2, 0.25) is 0 Å². The molecule has 2 aromatic heterocycles. The Morgan fingerprint density at radius 1 is 1.19 bits per heavy atom. The average Bonchev–Trinajstić information content (AvgIpc) is 3.17. The van der Waals surface area contributed by atoms with Crippen molar-refractivity contribution in [1.29, 1.82) is 0 Å². The second kappa shape index (κ2) is 7.01. The van der Waals surface area contributed by atoms with Gasteiger partial charge in [-0.1, -0.05) is 12.1 Å². The summed E-state index contributed by atoms with van der Waals surface area (Å²) < 4.78 is 7.26. The van der Waals surface area contributed by atoms with Gasteiger partial charge in [-0.2, -0.15) is 5.10 Å². The largest absolute Gasteiger partial charge is 0.378 e. The van der Waals surface area contributed by atoms with Crippen LogP contribution in [-0.4, -0.2) is 54.0 Å². The Hall–Kier alpha value is -3.13. The van der Waals surface area contributed by atoms with Crippen molar-refractivity contribution in [2.45, 2.75) is 0 Å². The Kier molecular flexibility index (Phi) is 4.40. The Labute approximate surface area is 150 Å². The predicted octanol–water partition coefficient (Wildman–Crippen LogP) is 1.98. The number of hydrogen-bond donors (Lipinski definition) is 2. The number of rotatable bonds is 3. The van der Waals surface area contributed by atoms with Gasteiger partial charge in [-0.25, -0.2) is 14.3 Å². The molecule has 26 heavy (non-hydrogen) atoms. The van der Waals surface area contributed by atoms with E-state index in [0.29, 0.717) is 13.2 Å². The van der Waals surface area contributed by atoms with Crippen LogP contribution < -0.4 is 15.5 Å². The second-order valence-electron chi connectivity index (χ2n) is 5.99. The number of hydrogen-bond acceptors (Lipinski definition) is 5. The molecule has 0 atom stereocenters. The quantitative estimate of drug-likeness (QED) is 0.753. The number of anilines is 2. The zero-order valence-corrected chi connectivity index (χ0v) is 14.5. The maximum Gasteiger partial charge on any atom is 0.318 e. The number of imidazole rings is 1. The van der Waals surface area contributed by atoms with Crippen LogP contribution in [-0.2, 0) is 4.74 Å². The minimum Gasteiger partial charge on any atom is -0.378 e. The number of ether oxygens (including phenoxy) is 1. The molecule has 134 valence electrons. The van der Waals surface area contributed by atoms with E-state index in [1.807, 2.05) is 30.5 Å². The molecule has 1 saturated heterocycles. The first-order valence-corrected chi connectivity index (χ1v) is 8.51. The van der Waals surface area contributed by atoms with E-state index < -0.39 is 0 Å². The number of benzene rings is 1. The molecule has 0 unspecified atom stereocenters. The van der Waals surface area contributed by atoms with Crippen LogP contribution in [0.1, 0.15) is 0 Å². The molecule has 2 N–H and O–H groups in total. The monoisotopic (exact) mass is 352 g/mol. The third-order valence-corrected chi connectivity index (χ3v) is 4.36. The zero-order valence-electron chi connectivity index (χ0n) is 14.5. The van der Waals surface area contributed by atoms with Gasteiger partial charge in [0.1, 0.15) is 0 Å². The van der Waals surface area contributed by atoms with Gasteiger partial charge >= 0.3 is 6.03 Å². The van der Waals surface area contributed by atoms with Gasteiger partial charge in [0.25, 0.3) is 0 Å². The lowest BCUT2D eigenvalue weighted by Gasteiger charge is -2.29. The highest BCUT2D eigenvalue weighted by Gasteiger charge is 2.17. The third kappa shape index (κ3) is 3.18. The van der Waals surface area contributed by atoms with E-state index in [1.54, 1.807) is 17.8 Å². The van der Waals surface area contributed by atoms with Crippen molar-refractivity contribution in [1.82, 2.24) is 19.9 Å². The van der Waals surface area contributed by atoms with E-state index in [9.17, 15) is 4.79 Å². The first kappa shape index (κ1) is 16.3. The van der Waals surface area contributed by atoms with Gasteiger partial charge in [0, 0.05) is 43.8 Å². The first-order chi connectivity index (χ1) is 12.7.